The van der Waals surface area contributed by atoms with Crippen LogP contribution in [0.2, 0.25) is 0 Å². The van der Waals surface area contributed by atoms with Gasteiger partial charge >= 0.3 is 0 Å². The zero-order valence-electron chi connectivity index (χ0n) is 10.2. The van der Waals surface area contributed by atoms with E-state index in [0.29, 0.717) is 0 Å². The third-order valence-electron chi connectivity index (χ3n) is 3.24. The van der Waals surface area contributed by atoms with E-state index in [1.165, 1.54) is 5.69 Å². The molecule has 1 fully saturated rings. The fourth-order valence-corrected chi connectivity index (χ4v) is 2.25. The first-order valence-corrected chi connectivity index (χ1v) is 6.23. The summed E-state index contributed by atoms with van der Waals surface area (Å²) < 4.78 is 0. The Labute approximate surface area is 103 Å². The van der Waals surface area contributed by atoms with Crippen molar-refractivity contribution < 1.29 is 5.11 Å². The molecule has 0 radical (unpaired) electrons. The van der Waals surface area contributed by atoms with Crippen molar-refractivity contribution >= 4 is 11.4 Å². The summed E-state index contributed by atoms with van der Waals surface area (Å²) in [4.78, 5) is 4.77. The van der Waals surface area contributed by atoms with Crippen LogP contribution in [-0.4, -0.2) is 49.3 Å². The van der Waals surface area contributed by atoms with E-state index < -0.39 is 0 Å². The Bertz CT molecular complexity index is 348. The molecule has 1 aliphatic heterocycles. The van der Waals surface area contributed by atoms with Crippen LogP contribution < -0.4 is 10.6 Å². The Hall–Kier alpha value is -1.26. The van der Waals surface area contributed by atoms with Gasteiger partial charge in [-0.2, -0.15) is 0 Å². The lowest BCUT2D eigenvalue weighted by Gasteiger charge is -2.36. The highest BCUT2D eigenvalue weighted by atomic mass is 16.3. The number of nitrogens with two attached hydrogens (primary N) is 1. The molecule has 0 spiro atoms. The lowest BCUT2D eigenvalue weighted by Crippen LogP contribution is -2.46. The molecule has 0 amide bonds. The van der Waals surface area contributed by atoms with Crippen molar-refractivity contribution in [2.75, 3.05) is 50.0 Å². The molecule has 1 heterocycles. The summed E-state index contributed by atoms with van der Waals surface area (Å²) in [5, 5.41) is 8.81. The van der Waals surface area contributed by atoms with Gasteiger partial charge in [0.25, 0.3) is 0 Å². The van der Waals surface area contributed by atoms with E-state index in [-0.39, 0.29) is 6.61 Å². The summed E-state index contributed by atoms with van der Waals surface area (Å²) >= 11 is 0. The van der Waals surface area contributed by atoms with Gasteiger partial charge in [-0.05, 0) is 24.6 Å². The average Bonchev–Trinajstić information content (AvgIpc) is 2.37. The lowest BCUT2D eigenvalue weighted by atomic mass is 10.2. The molecule has 0 atom stereocenters. The summed E-state index contributed by atoms with van der Waals surface area (Å²) in [5.74, 6) is 0. The fourth-order valence-electron chi connectivity index (χ4n) is 2.25. The van der Waals surface area contributed by atoms with Crippen LogP contribution in [0.25, 0.3) is 0 Å². The van der Waals surface area contributed by atoms with Crippen molar-refractivity contribution in [2.45, 2.75) is 6.42 Å². The van der Waals surface area contributed by atoms with Crippen molar-refractivity contribution in [3.63, 3.8) is 0 Å². The topological polar surface area (TPSA) is 52.7 Å². The maximum atomic E-state index is 8.81. The number of aliphatic hydroxyl groups excluding tert-OH is 1. The molecule has 2 rings (SSSR count). The molecular weight excluding hydrogens is 214 g/mol. The first kappa shape index (κ1) is 12.2. The van der Waals surface area contributed by atoms with E-state index in [9.17, 15) is 0 Å². The highest BCUT2D eigenvalue weighted by Gasteiger charge is 2.16. The Morgan fingerprint density at radius 1 is 1.18 bits per heavy atom. The number of anilines is 2. The second kappa shape index (κ2) is 5.89. The maximum absolute atomic E-state index is 8.81. The number of benzene rings is 1. The molecule has 3 N–H and O–H groups in total. The van der Waals surface area contributed by atoms with Crippen LogP contribution in [0.3, 0.4) is 0 Å². The minimum Gasteiger partial charge on any atom is -0.399 e. The lowest BCUT2D eigenvalue weighted by molar-refractivity contribution is 0.216. The molecule has 0 aromatic heterocycles. The van der Waals surface area contributed by atoms with Crippen molar-refractivity contribution in [3.8, 4) is 0 Å². The normalized spacial score (nSPS) is 17.4. The number of nitrogen functional groups attached to an aromatic ring is 1. The first-order chi connectivity index (χ1) is 8.29. The Kier molecular flexibility index (Phi) is 4.23. The van der Waals surface area contributed by atoms with Crippen LogP contribution in [0, 0.1) is 0 Å². The monoisotopic (exact) mass is 235 g/mol. The summed E-state index contributed by atoms with van der Waals surface area (Å²) in [6.07, 6.45) is 0.873. The van der Waals surface area contributed by atoms with Gasteiger partial charge in [0, 0.05) is 50.7 Å². The van der Waals surface area contributed by atoms with Crippen LogP contribution in [0.15, 0.2) is 24.3 Å². The highest BCUT2D eigenvalue weighted by Crippen LogP contribution is 2.19. The molecule has 4 heteroatoms. The summed E-state index contributed by atoms with van der Waals surface area (Å²) in [5.41, 5.74) is 7.83. The van der Waals surface area contributed by atoms with Crippen molar-refractivity contribution in [1.82, 2.24) is 4.90 Å². The predicted molar refractivity (Wildman–Crippen MR) is 71.2 cm³/mol. The van der Waals surface area contributed by atoms with Crippen molar-refractivity contribution in [3.05, 3.63) is 24.3 Å². The van der Waals surface area contributed by atoms with Gasteiger partial charge in [0.15, 0.2) is 0 Å². The van der Waals surface area contributed by atoms with Crippen LogP contribution in [0.5, 0.6) is 0 Å². The quantitative estimate of drug-likeness (QED) is 0.757. The minimum atomic E-state index is 0.287. The molecule has 94 valence electrons. The number of rotatable bonds is 4. The molecule has 0 unspecified atom stereocenters. The van der Waals surface area contributed by atoms with Gasteiger partial charge in [0.2, 0.25) is 0 Å². The number of hydrogen-bond donors (Lipinski definition) is 2. The van der Waals surface area contributed by atoms with Gasteiger partial charge in [-0.3, -0.25) is 4.90 Å². The number of nitrogens with zero attached hydrogens (tertiary/aromatic N) is 2. The minimum absolute atomic E-state index is 0.287. The zero-order valence-corrected chi connectivity index (χ0v) is 10.2. The van der Waals surface area contributed by atoms with Crippen molar-refractivity contribution in [1.29, 1.82) is 0 Å². The summed E-state index contributed by atoms with van der Waals surface area (Å²) in [7, 11) is 0. The Morgan fingerprint density at radius 3 is 2.59 bits per heavy atom. The first-order valence-electron chi connectivity index (χ1n) is 6.23. The zero-order chi connectivity index (χ0) is 12.1. The molecule has 1 aromatic carbocycles. The summed E-state index contributed by atoms with van der Waals surface area (Å²) in [6, 6.07) is 8.06. The van der Waals surface area contributed by atoms with Crippen LogP contribution in [0.1, 0.15) is 6.42 Å². The van der Waals surface area contributed by atoms with Gasteiger partial charge in [-0.1, -0.05) is 6.07 Å². The van der Waals surface area contributed by atoms with Gasteiger partial charge in [-0.25, -0.2) is 0 Å². The third-order valence-corrected chi connectivity index (χ3v) is 3.24. The van der Waals surface area contributed by atoms with Crippen LogP contribution in [-0.2, 0) is 0 Å². The predicted octanol–water partition coefficient (Wildman–Crippen LogP) is 0.773. The van der Waals surface area contributed by atoms with Gasteiger partial charge < -0.3 is 15.7 Å². The average molecular weight is 235 g/mol. The maximum Gasteiger partial charge on any atom is 0.0443 e. The molecule has 0 aliphatic carbocycles. The largest absolute Gasteiger partial charge is 0.399 e. The number of aliphatic hydroxyl groups is 1. The van der Waals surface area contributed by atoms with Gasteiger partial charge in [-0.15, -0.1) is 0 Å². The van der Waals surface area contributed by atoms with Gasteiger partial charge in [0.05, 0.1) is 0 Å². The Balaban J connectivity index is 1.86. The molecule has 0 saturated carbocycles. The van der Waals surface area contributed by atoms with E-state index in [1.54, 1.807) is 0 Å². The molecule has 0 bridgehead atoms. The molecular formula is C13H21N3O. The standard InChI is InChI=1S/C13H21N3O/c14-12-3-1-4-13(11-12)16-8-6-15(7-9-16)5-2-10-17/h1,3-4,11,17H,2,5-10,14H2. The van der Waals surface area contributed by atoms with E-state index in [4.69, 9.17) is 10.8 Å². The van der Waals surface area contributed by atoms with E-state index in [1.807, 2.05) is 18.2 Å². The second-order valence-corrected chi connectivity index (χ2v) is 4.50. The van der Waals surface area contributed by atoms with E-state index in [0.717, 1.165) is 44.8 Å². The SMILES string of the molecule is Nc1cccc(N2CCN(CCCO)CC2)c1. The van der Waals surface area contributed by atoms with Gasteiger partial charge in [0.1, 0.15) is 0 Å². The van der Waals surface area contributed by atoms with Crippen LogP contribution in [0.4, 0.5) is 11.4 Å². The third kappa shape index (κ3) is 3.35. The molecule has 1 aliphatic rings. The molecule has 1 aromatic rings. The number of hydrogen-bond acceptors (Lipinski definition) is 4. The number of piperazine rings is 1. The highest BCUT2D eigenvalue weighted by molar-refractivity contribution is 5.56. The van der Waals surface area contributed by atoms with E-state index in [2.05, 4.69) is 15.9 Å². The second-order valence-electron chi connectivity index (χ2n) is 4.50. The van der Waals surface area contributed by atoms with E-state index >= 15 is 0 Å². The molecule has 1 saturated heterocycles. The summed E-state index contributed by atoms with van der Waals surface area (Å²) in [6.45, 7) is 5.49. The Morgan fingerprint density at radius 2 is 1.94 bits per heavy atom. The molecule has 4 nitrogen and oxygen atoms in total. The smallest absolute Gasteiger partial charge is 0.0443 e. The van der Waals surface area contributed by atoms with Crippen molar-refractivity contribution in [2.24, 2.45) is 0 Å². The fraction of sp³-hybridized carbons (Fsp3) is 0.538. The molecule has 17 heavy (non-hydrogen) atoms. The van der Waals surface area contributed by atoms with Crippen LogP contribution >= 0.6 is 0 Å².